The molecule has 0 aliphatic rings. The zero-order valence-electron chi connectivity index (χ0n) is 9.56. The number of carboxylic acid groups (broad SMARTS) is 1. The molecule has 0 aromatic heterocycles. The van der Waals surface area contributed by atoms with Crippen LogP contribution in [0.3, 0.4) is 0 Å². The highest BCUT2D eigenvalue weighted by Gasteiger charge is 2.29. The molecule has 0 aliphatic carbocycles. The Kier molecular flexibility index (Phi) is 3.80. The molecule has 0 aliphatic heterocycles. The van der Waals surface area contributed by atoms with Gasteiger partial charge in [0.25, 0.3) is 0 Å². The van der Waals surface area contributed by atoms with E-state index in [0.717, 1.165) is 12.1 Å². The number of halogens is 3. The fraction of sp³-hybridized carbons (Fsp3) is 0.417. The van der Waals surface area contributed by atoms with Gasteiger partial charge in [-0.1, -0.05) is 6.07 Å². The van der Waals surface area contributed by atoms with Crippen LogP contribution in [-0.4, -0.2) is 11.1 Å². The van der Waals surface area contributed by atoms with E-state index in [4.69, 9.17) is 5.11 Å². The maximum atomic E-state index is 13.4. The second-order valence-corrected chi connectivity index (χ2v) is 4.55. The van der Waals surface area contributed by atoms with Crippen LogP contribution in [0.1, 0.15) is 25.0 Å². The molecule has 0 heterocycles. The van der Waals surface area contributed by atoms with Crippen LogP contribution >= 0.6 is 0 Å². The number of hydrogen-bond donors (Lipinski definition) is 1. The molecular weight excluding hydrogens is 233 g/mol. The fourth-order valence-electron chi connectivity index (χ4n) is 1.47. The lowest BCUT2D eigenvalue weighted by Crippen LogP contribution is -2.26. The number of carbonyl (C=O) groups is 1. The molecule has 1 aromatic rings. The molecule has 1 N–H and O–H groups in total. The van der Waals surface area contributed by atoms with Gasteiger partial charge in [0.1, 0.15) is 6.67 Å². The third-order valence-electron chi connectivity index (χ3n) is 2.53. The highest BCUT2D eigenvalue weighted by molar-refractivity contribution is 5.74. The van der Waals surface area contributed by atoms with E-state index >= 15 is 0 Å². The zero-order valence-corrected chi connectivity index (χ0v) is 9.56. The van der Waals surface area contributed by atoms with Gasteiger partial charge in [0.2, 0.25) is 0 Å². The Morgan fingerprint density at radius 3 is 2.41 bits per heavy atom. The van der Waals surface area contributed by atoms with Gasteiger partial charge < -0.3 is 5.11 Å². The molecule has 0 saturated heterocycles. The minimum absolute atomic E-state index is 0.0000822. The van der Waals surface area contributed by atoms with Crippen molar-refractivity contribution in [3.8, 4) is 0 Å². The van der Waals surface area contributed by atoms with Gasteiger partial charge in [-0.05, 0) is 37.5 Å². The van der Waals surface area contributed by atoms with Crippen molar-refractivity contribution < 1.29 is 23.1 Å². The first kappa shape index (κ1) is 13.5. The van der Waals surface area contributed by atoms with Crippen molar-refractivity contribution >= 4 is 5.97 Å². The van der Waals surface area contributed by atoms with E-state index in [9.17, 15) is 18.0 Å². The van der Waals surface area contributed by atoms with E-state index in [1.807, 2.05) is 0 Å². The minimum Gasteiger partial charge on any atom is -0.481 e. The number of hydrogen-bond acceptors (Lipinski definition) is 1. The molecule has 17 heavy (non-hydrogen) atoms. The predicted molar refractivity (Wildman–Crippen MR) is 56.3 cm³/mol. The highest BCUT2D eigenvalue weighted by Crippen LogP contribution is 2.26. The van der Waals surface area contributed by atoms with Gasteiger partial charge in [-0.2, -0.15) is 0 Å². The minimum atomic E-state index is -1.23. The number of aliphatic carboxylic acids is 1. The average molecular weight is 246 g/mol. The van der Waals surface area contributed by atoms with Gasteiger partial charge >= 0.3 is 5.97 Å². The van der Waals surface area contributed by atoms with Crippen LogP contribution in [0.5, 0.6) is 0 Å². The maximum absolute atomic E-state index is 13.4. The normalized spacial score (nSPS) is 11.6. The summed E-state index contributed by atoms with van der Waals surface area (Å²) in [5.74, 6) is -3.39. The van der Waals surface area contributed by atoms with Crippen molar-refractivity contribution in [2.45, 2.75) is 26.9 Å². The van der Waals surface area contributed by atoms with E-state index in [1.165, 1.54) is 13.8 Å². The van der Waals surface area contributed by atoms with E-state index in [2.05, 4.69) is 0 Å². The summed E-state index contributed by atoms with van der Waals surface area (Å²) in [5.41, 5.74) is -1.35. The molecule has 0 spiro atoms. The summed E-state index contributed by atoms with van der Waals surface area (Å²) in [7, 11) is 0. The Labute approximate surface area is 97.1 Å². The monoisotopic (exact) mass is 246 g/mol. The summed E-state index contributed by atoms with van der Waals surface area (Å²) in [5, 5.41) is 8.90. The van der Waals surface area contributed by atoms with Gasteiger partial charge in [-0.3, -0.25) is 4.79 Å². The molecule has 0 radical (unpaired) electrons. The molecule has 1 rings (SSSR count). The van der Waals surface area contributed by atoms with Crippen LogP contribution < -0.4 is 0 Å². The quantitative estimate of drug-likeness (QED) is 0.886. The SMILES string of the molecule is CC(C)(Cc1cc(CF)cc(F)c1F)C(=O)O. The van der Waals surface area contributed by atoms with Crippen LogP contribution in [0.25, 0.3) is 0 Å². The van der Waals surface area contributed by atoms with E-state index in [0.29, 0.717) is 0 Å². The van der Waals surface area contributed by atoms with Crippen LogP contribution in [0.4, 0.5) is 13.2 Å². The van der Waals surface area contributed by atoms with Gasteiger partial charge in [0.15, 0.2) is 11.6 Å². The van der Waals surface area contributed by atoms with Crippen molar-refractivity contribution in [2.75, 3.05) is 0 Å². The molecule has 0 bridgehead atoms. The summed E-state index contributed by atoms with van der Waals surface area (Å²) in [6, 6.07) is 1.93. The molecule has 2 nitrogen and oxygen atoms in total. The summed E-state index contributed by atoms with van der Waals surface area (Å²) < 4.78 is 38.9. The Hall–Kier alpha value is -1.52. The molecule has 94 valence electrons. The lowest BCUT2D eigenvalue weighted by molar-refractivity contribution is -0.146. The van der Waals surface area contributed by atoms with Crippen molar-refractivity contribution in [1.29, 1.82) is 0 Å². The van der Waals surface area contributed by atoms with Gasteiger partial charge in [0.05, 0.1) is 5.41 Å². The highest BCUT2D eigenvalue weighted by atomic mass is 19.2. The number of carboxylic acids is 1. The summed E-state index contributed by atoms with van der Waals surface area (Å²) in [6.07, 6.45) is -0.196. The molecule has 0 saturated carbocycles. The lowest BCUT2D eigenvalue weighted by atomic mass is 9.85. The summed E-state index contributed by atoms with van der Waals surface area (Å²) in [6.45, 7) is 1.88. The van der Waals surface area contributed by atoms with Crippen LogP contribution in [0.15, 0.2) is 12.1 Å². The third-order valence-corrected chi connectivity index (χ3v) is 2.53. The van der Waals surface area contributed by atoms with Crippen LogP contribution in [0.2, 0.25) is 0 Å². The predicted octanol–water partition coefficient (Wildman–Crippen LogP) is 3.09. The smallest absolute Gasteiger partial charge is 0.309 e. The average Bonchev–Trinajstić information content (AvgIpc) is 2.23. The molecular formula is C12H13F3O2. The summed E-state index contributed by atoms with van der Waals surface area (Å²) in [4.78, 5) is 10.9. The maximum Gasteiger partial charge on any atom is 0.309 e. The summed E-state index contributed by atoms with van der Waals surface area (Å²) >= 11 is 0. The topological polar surface area (TPSA) is 37.3 Å². The van der Waals surface area contributed by atoms with Crippen molar-refractivity contribution in [3.05, 3.63) is 34.9 Å². The van der Waals surface area contributed by atoms with Gasteiger partial charge in [-0.15, -0.1) is 0 Å². The Morgan fingerprint density at radius 1 is 1.35 bits per heavy atom. The second kappa shape index (κ2) is 4.77. The first-order valence-electron chi connectivity index (χ1n) is 5.04. The largest absolute Gasteiger partial charge is 0.481 e. The molecule has 0 fully saturated rings. The molecule has 1 aromatic carbocycles. The Bertz CT molecular complexity index is 442. The van der Waals surface area contributed by atoms with Gasteiger partial charge in [-0.25, -0.2) is 13.2 Å². The van der Waals surface area contributed by atoms with Crippen LogP contribution in [-0.2, 0) is 17.9 Å². The molecule has 0 atom stereocenters. The Balaban J connectivity index is 3.14. The third kappa shape index (κ3) is 2.99. The van der Waals surface area contributed by atoms with Crippen LogP contribution in [0, 0.1) is 17.0 Å². The number of benzene rings is 1. The van der Waals surface area contributed by atoms with E-state index in [1.54, 1.807) is 0 Å². The number of alkyl halides is 1. The van der Waals surface area contributed by atoms with Crippen molar-refractivity contribution in [1.82, 2.24) is 0 Å². The molecule has 5 heteroatoms. The van der Waals surface area contributed by atoms with Crippen molar-refractivity contribution in [3.63, 3.8) is 0 Å². The Morgan fingerprint density at radius 2 is 1.94 bits per heavy atom. The number of rotatable bonds is 4. The first-order chi connectivity index (χ1) is 7.77. The van der Waals surface area contributed by atoms with Gasteiger partial charge in [0, 0.05) is 0 Å². The first-order valence-corrected chi connectivity index (χ1v) is 5.04. The standard InChI is InChI=1S/C12H13F3O2/c1-12(2,11(16)17)5-8-3-7(6-13)4-9(14)10(8)15/h3-4H,5-6H2,1-2H3,(H,16,17). The fourth-order valence-corrected chi connectivity index (χ4v) is 1.47. The second-order valence-electron chi connectivity index (χ2n) is 4.55. The molecule has 0 unspecified atom stereocenters. The van der Waals surface area contributed by atoms with Crippen molar-refractivity contribution in [2.24, 2.45) is 5.41 Å². The van der Waals surface area contributed by atoms with E-state index < -0.39 is 29.7 Å². The molecule has 0 amide bonds. The lowest BCUT2D eigenvalue weighted by Gasteiger charge is -2.19. The van der Waals surface area contributed by atoms with E-state index in [-0.39, 0.29) is 17.5 Å². The zero-order chi connectivity index (χ0) is 13.2.